The first-order valence-corrected chi connectivity index (χ1v) is 4.75. The highest BCUT2D eigenvalue weighted by Gasteiger charge is 2.39. The van der Waals surface area contributed by atoms with E-state index in [1.54, 1.807) is 0 Å². The van der Waals surface area contributed by atoms with Gasteiger partial charge >= 0.3 is 0 Å². The summed E-state index contributed by atoms with van der Waals surface area (Å²) in [7, 11) is 0. The second-order valence-corrected chi connectivity index (χ2v) is 4.13. The van der Waals surface area contributed by atoms with Crippen molar-refractivity contribution in [1.82, 2.24) is 0 Å². The second-order valence-electron chi connectivity index (χ2n) is 4.13. The van der Waals surface area contributed by atoms with Crippen LogP contribution in [0.1, 0.15) is 39.5 Å². The Labute approximate surface area is 74.9 Å². The van der Waals surface area contributed by atoms with E-state index in [4.69, 9.17) is 0 Å². The summed E-state index contributed by atoms with van der Waals surface area (Å²) in [6.45, 7) is 7.98. The highest BCUT2D eigenvalue weighted by atomic mass is 16.1. The molecular weight excluding hydrogens is 148 g/mol. The zero-order chi connectivity index (χ0) is 9.19. The van der Waals surface area contributed by atoms with Gasteiger partial charge in [0, 0.05) is 11.8 Å². The zero-order valence-electron chi connectivity index (χ0n) is 8.10. The van der Waals surface area contributed by atoms with E-state index in [-0.39, 0.29) is 5.41 Å². The molecule has 0 bridgehead atoms. The maximum atomic E-state index is 11.7. The van der Waals surface area contributed by atoms with Gasteiger partial charge in [-0.25, -0.2) is 0 Å². The van der Waals surface area contributed by atoms with Crippen LogP contribution < -0.4 is 0 Å². The molecule has 1 aliphatic carbocycles. The molecule has 1 aliphatic rings. The molecule has 0 spiro atoms. The second kappa shape index (κ2) is 3.42. The van der Waals surface area contributed by atoms with Crippen molar-refractivity contribution in [3.63, 3.8) is 0 Å². The van der Waals surface area contributed by atoms with Gasteiger partial charge in [0.05, 0.1) is 0 Å². The minimum atomic E-state index is -0.111. The lowest BCUT2D eigenvalue weighted by molar-refractivity contribution is -0.133. The number of carbonyl (C=O) groups excluding carboxylic acids is 1. The van der Waals surface area contributed by atoms with E-state index in [0.717, 1.165) is 19.3 Å². The van der Waals surface area contributed by atoms with Crippen molar-refractivity contribution in [3.8, 4) is 0 Å². The van der Waals surface area contributed by atoms with Crippen molar-refractivity contribution in [2.75, 3.05) is 0 Å². The van der Waals surface area contributed by atoms with Gasteiger partial charge in [0.2, 0.25) is 0 Å². The van der Waals surface area contributed by atoms with E-state index in [0.29, 0.717) is 11.7 Å². The molecule has 68 valence electrons. The molecule has 1 saturated carbocycles. The Bertz CT molecular complexity index is 195. The fraction of sp³-hybridized carbons (Fsp3) is 0.727. The van der Waals surface area contributed by atoms with Crippen LogP contribution in [0.2, 0.25) is 0 Å². The number of hydrogen-bond acceptors (Lipinski definition) is 1. The normalized spacial score (nSPS) is 36.5. The molecule has 2 atom stereocenters. The molecule has 1 fully saturated rings. The molecule has 0 aliphatic heterocycles. The number of rotatable bonds is 2. The Hall–Kier alpha value is -0.590. The fourth-order valence-electron chi connectivity index (χ4n) is 2.06. The summed E-state index contributed by atoms with van der Waals surface area (Å²) in [5.74, 6) is 0.956. The molecule has 0 N–H and O–H groups in total. The van der Waals surface area contributed by atoms with Crippen LogP contribution in [-0.2, 0) is 4.79 Å². The van der Waals surface area contributed by atoms with Crippen LogP contribution in [0.25, 0.3) is 0 Å². The summed E-state index contributed by atoms with van der Waals surface area (Å²) in [5.41, 5.74) is -0.111. The van der Waals surface area contributed by atoms with Crippen LogP contribution >= 0.6 is 0 Å². The lowest BCUT2D eigenvalue weighted by Gasteiger charge is -2.37. The minimum absolute atomic E-state index is 0.111. The molecule has 0 aromatic rings. The van der Waals surface area contributed by atoms with E-state index in [1.807, 2.05) is 6.08 Å². The SMILES string of the molecule is C=CC[C@]1(C)C(=O)CCC[C@@H]1C. The lowest BCUT2D eigenvalue weighted by Crippen LogP contribution is -2.37. The number of allylic oxidation sites excluding steroid dienone is 1. The first-order valence-electron chi connectivity index (χ1n) is 4.75. The van der Waals surface area contributed by atoms with E-state index in [2.05, 4.69) is 20.4 Å². The van der Waals surface area contributed by atoms with Gasteiger partial charge in [0.25, 0.3) is 0 Å². The minimum Gasteiger partial charge on any atom is -0.299 e. The third kappa shape index (κ3) is 1.45. The predicted molar refractivity (Wildman–Crippen MR) is 50.9 cm³/mol. The van der Waals surface area contributed by atoms with Crippen LogP contribution in [-0.4, -0.2) is 5.78 Å². The van der Waals surface area contributed by atoms with Gasteiger partial charge in [0.1, 0.15) is 5.78 Å². The van der Waals surface area contributed by atoms with Gasteiger partial charge in [-0.05, 0) is 25.2 Å². The Morgan fingerprint density at radius 3 is 2.92 bits per heavy atom. The molecule has 12 heavy (non-hydrogen) atoms. The average Bonchev–Trinajstić information content (AvgIpc) is 2.02. The van der Waals surface area contributed by atoms with Crippen molar-refractivity contribution >= 4 is 5.78 Å². The molecule has 0 unspecified atom stereocenters. The molecule has 0 amide bonds. The number of ketones is 1. The third-order valence-electron chi connectivity index (χ3n) is 3.33. The van der Waals surface area contributed by atoms with Crippen molar-refractivity contribution in [2.45, 2.75) is 39.5 Å². The quantitative estimate of drug-likeness (QED) is 0.576. The van der Waals surface area contributed by atoms with Gasteiger partial charge in [-0.3, -0.25) is 4.79 Å². The van der Waals surface area contributed by atoms with Crippen LogP contribution in [0.3, 0.4) is 0 Å². The van der Waals surface area contributed by atoms with Crippen LogP contribution in [0, 0.1) is 11.3 Å². The number of hydrogen-bond donors (Lipinski definition) is 0. The molecule has 1 rings (SSSR count). The number of Topliss-reactive ketones (excluding diaryl/α,β-unsaturated/α-hetero) is 1. The molecule has 0 aromatic carbocycles. The van der Waals surface area contributed by atoms with Gasteiger partial charge in [0.15, 0.2) is 0 Å². The summed E-state index contributed by atoms with van der Waals surface area (Å²) in [5, 5.41) is 0. The van der Waals surface area contributed by atoms with Gasteiger partial charge in [-0.15, -0.1) is 6.58 Å². The van der Waals surface area contributed by atoms with Crippen molar-refractivity contribution in [2.24, 2.45) is 11.3 Å². The average molecular weight is 166 g/mol. The van der Waals surface area contributed by atoms with Crippen LogP contribution in [0.4, 0.5) is 0 Å². The smallest absolute Gasteiger partial charge is 0.139 e. The van der Waals surface area contributed by atoms with Gasteiger partial charge in [-0.2, -0.15) is 0 Å². The Kier molecular flexibility index (Phi) is 2.71. The summed E-state index contributed by atoms with van der Waals surface area (Å²) < 4.78 is 0. The Morgan fingerprint density at radius 1 is 1.75 bits per heavy atom. The third-order valence-corrected chi connectivity index (χ3v) is 3.33. The Balaban J connectivity index is 2.79. The maximum absolute atomic E-state index is 11.7. The maximum Gasteiger partial charge on any atom is 0.139 e. The van der Waals surface area contributed by atoms with Crippen molar-refractivity contribution in [3.05, 3.63) is 12.7 Å². The molecule has 0 heterocycles. The molecule has 0 aromatic heterocycles. The molecular formula is C11H18O. The topological polar surface area (TPSA) is 17.1 Å². The summed E-state index contributed by atoms with van der Waals surface area (Å²) in [4.78, 5) is 11.7. The lowest BCUT2D eigenvalue weighted by atomic mass is 9.66. The predicted octanol–water partition coefficient (Wildman–Crippen LogP) is 2.96. The fourth-order valence-corrected chi connectivity index (χ4v) is 2.06. The first kappa shape index (κ1) is 9.50. The van der Waals surface area contributed by atoms with Crippen LogP contribution in [0.5, 0.6) is 0 Å². The van der Waals surface area contributed by atoms with Gasteiger partial charge in [-0.1, -0.05) is 19.9 Å². The van der Waals surface area contributed by atoms with Crippen LogP contribution in [0.15, 0.2) is 12.7 Å². The number of carbonyl (C=O) groups is 1. The first-order chi connectivity index (χ1) is 5.61. The van der Waals surface area contributed by atoms with Crippen molar-refractivity contribution in [1.29, 1.82) is 0 Å². The zero-order valence-corrected chi connectivity index (χ0v) is 8.10. The van der Waals surface area contributed by atoms with E-state index in [9.17, 15) is 4.79 Å². The highest BCUT2D eigenvalue weighted by Crippen LogP contribution is 2.40. The standard InChI is InChI=1S/C11H18O/c1-4-8-11(3)9(2)6-5-7-10(11)12/h4,9H,1,5-8H2,2-3H3/t9-,11-/m0/s1. The molecule has 0 radical (unpaired) electrons. The van der Waals surface area contributed by atoms with Crippen molar-refractivity contribution < 1.29 is 4.79 Å². The molecule has 1 nitrogen and oxygen atoms in total. The molecule has 0 saturated heterocycles. The summed E-state index contributed by atoms with van der Waals surface area (Å²) in [6, 6.07) is 0. The Morgan fingerprint density at radius 2 is 2.42 bits per heavy atom. The van der Waals surface area contributed by atoms with E-state index >= 15 is 0 Å². The van der Waals surface area contributed by atoms with E-state index < -0.39 is 0 Å². The van der Waals surface area contributed by atoms with Gasteiger partial charge < -0.3 is 0 Å². The summed E-state index contributed by atoms with van der Waals surface area (Å²) >= 11 is 0. The largest absolute Gasteiger partial charge is 0.299 e. The monoisotopic (exact) mass is 166 g/mol. The molecule has 1 heteroatoms. The van der Waals surface area contributed by atoms with E-state index in [1.165, 1.54) is 6.42 Å². The highest BCUT2D eigenvalue weighted by molar-refractivity contribution is 5.85. The summed E-state index contributed by atoms with van der Waals surface area (Å²) in [6.07, 6.45) is 5.75.